The van der Waals surface area contributed by atoms with Crippen molar-refractivity contribution < 1.29 is 4.79 Å². The predicted molar refractivity (Wildman–Crippen MR) is 183 cm³/mol. The summed E-state index contributed by atoms with van der Waals surface area (Å²) in [6, 6.07) is 14.6. The Bertz CT molecular complexity index is 1460. The van der Waals surface area contributed by atoms with E-state index in [4.69, 9.17) is 4.98 Å². The number of nitrogens with one attached hydrogen (secondary N) is 2. The fraction of sp³-hybridized carbons (Fsp3) is 0.361. The molecule has 0 aliphatic heterocycles. The average molecular weight is 581 g/mol. The van der Waals surface area contributed by atoms with E-state index in [2.05, 4.69) is 116 Å². The minimum Gasteiger partial charge on any atom is -0.372 e. The Kier molecular flexibility index (Phi) is 12.7. The Morgan fingerprint density at radius 1 is 1.07 bits per heavy atom. The fourth-order valence-corrected chi connectivity index (χ4v) is 5.01. The fourth-order valence-electron chi connectivity index (χ4n) is 5.01. The van der Waals surface area contributed by atoms with E-state index in [9.17, 15) is 4.79 Å². The quantitative estimate of drug-likeness (QED) is 0.109. The van der Waals surface area contributed by atoms with E-state index >= 15 is 0 Å². The van der Waals surface area contributed by atoms with E-state index in [0.717, 1.165) is 67.0 Å². The molecule has 0 fully saturated rings. The van der Waals surface area contributed by atoms with Gasteiger partial charge in [-0.25, -0.2) is 9.97 Å². The molecule has 0 aliphatic rings. The predicted octanol–water partition coefficient (Wildman–Crippen LogP) is 7.78. The van der Waals surface area contributed by atoms with Crippen LogP contribution in [0.5, 0.6) is 0 Å². The number of allylic oxidation sites excluding steroid dienone is 3. The van der Waals surface area contributed by atoms with E-state index in [-0.39, 0.29) is 5.91 Å². The molecule has 0 unspecified atom stereocenters. The Hall–Kier alpha value is -4.23. The van der Waals surface area contributed by atoms with Crippen molar-refractivity contribution in [2.75, 3.05) is 49.8 Å². The second kappa shape index (κ2) is 16.4. The highest BCUT2D eigenvalue weighted by molar-refractivity contribution is 6.02. The van der Waals surface area contributed by atoms with Gasteiger partial charge in [0.2, 0.25) is 11.9 Å². The van der Waals surface area contributed by atoms with E-state index in [1.807, 2.05) is 25.4 Å². The first-order valence-corrected chi connectivity index (χ1v) is 15.1. The van der Waals surface area contributed by atoms with Gasteiger partial charge in [0.15, 0.2) is 0 Å². The van der Waals surface area contributed by atoms with Gasteiger partial charge in [0.25, 0.3) is 0 Å². The number of carbonyl (C=O) groups excluding carboxylic acids is 1. The van der Waals surface area contributed by atoms with Gasteiger partial charge in [-0.1, -0.05) is 55.5 Å². The molecule has 2 N–H and O–H groups in total. The third-order valence-electron chi connectivity index (χ3n) is 7.50. The number of amides is 1. The molecular formula is C36H48N6O. The molecular weight excluding hydrogens is 532 g/mol. The molecule has 7 nitrogen and oxygen atoms in total. The van der Waals surface area contributed by atoms with Crippen molar-refractivity contribution in [3.05, 3.63) is 101 Å². The van der Waals surface area contributed by atoms with E-state index < -0.39 is 0 Å². The average Bonchev–Trinajstić information content (AvgIpc) is 2.99. The number of aryl methyl sites for hydroxylation is 2. The molecule has 0 aliphatic carbocycles. The Balaban J connectivity index is 2.05. The summed E-state index contributed by atoms with van der Waals surface area (Å²) in [5.41, 5.74) is 9.35. The molecule has 228 valence electrons. The first kappa shape index (κ1) is 33.3. The number of benzene rings is 2. The lowest BCUT2D eigenvalue weighted by Gasteiger charge is -2.26. The summed E-state index contributed by atoms with van der Waals surface area (Å²) in [5, 5.41) is 6.48. The van der Waals surface area contributed by atoms with Crippen LogP contribution in [-0.4, -0.2) is 55.0 Å². The third kappa shape index (κ3) is 9.38. The summed E-state index contributed by atoms with van der Waals surface area (Å²) >= 11 is 0. The zero-order valence-corrected chi connectivity index (χ0v) is 27.0. The molecule has 1 heterocycles. The standard InChI is InChI=1S/C36H48N6O/c1-9-12-13-14-18-27(5)35(29-19-16-15-17-26(29)4)30-20-21-37-36(39-30)40-31-25-32(38-34(43)11-3)33(24-28(31)10-2)42(8)23-22-41(6)7/h9,11-12,15-17,19-21,24-25H,3,10,13-14,18,22-23H2,1-2,4-8H3,(H,38,43)(H,37,39,40)/b12-9-,35-27-. The van der Waals surface area contributed by atoms with Gasteiger partial charge in [-0.3, -0.25) is 4.79 Å². The van der Waals surface area contributed by atoms with Crippen LogP contribution in [0.1, 0.15) is 62.4 Å². The van der Waals surface area contributed by atoms with Crippen molar-refractivity contribution in [1.82, 2.24) is 14.9 Å². The Labute approximate surface area is 258 Å². The van der Waals surface area contributed by atoms with E-state index in [1.165, 1.54) is 22.8 Å². The molecule has 0 saturated heterocycles. The van der Waals surface area contributed by atoms with Crippen molar-refractivity contribution in [3.8, 4) is 0 Å². The summed E-state index contributed by atoms with van der Waals surface area (Å²) in [6.07, 6.45) is 11.3. The number of anilines is 4. The van der Waals surface area contributed by atoms with Gasteiger partial charge in [-0.05, 0) is 102 Å². The van der Waals surface area contributed by atoms with Crippen LogP contribution in [0.2, 0.25) is 0 Å². The molecule has 0 atom stereocenters. The first-order chi connectivity index (χ1) is 20.7. The summed E-state index contributed by atoms with van der Waals surface area (Å²) < 4.78 is 0. The molecule has 7 heteroatoms. The molecule has 0 spiro atoms. The third-order valence-corrected chi connectivity index (χ3v) is 7.50. The Morgan fingerprint density at radius 3 is 2.51 bits per heavy atom. The molecule has 43 heavy (non-hydrogen) atoms. The maximum Gasteiger partial charge on any atom is 0.247 e. The molecule has 3 rings (SSSR count). The Morgan fingerprint density at radius 2 is 1.84 bits per heavy atom. The topological polar surface area (TPSA) is 73.4 Å². The minimum atomic E-state index is -0.256. The zero-order chi connectivity index (χ0) is 31.4. The van der Waals surface area contributed by atoms with Gasteiger partial charge in [0, 0.05) is 37.6 Å². The van der Waals surface area contributed by atoms with Crippen LogP contribution in [0.15, 0.2) is 79.0 Å². The van der Waals surface area contributed by atoms with E-state index in [1.54, 1.807) is 0 Å². The van der Waals surface area contributed by atoms with Crippen LogP contribution in [0.25, 0.3) is 5.57 Å². The summed E-state index contributed by atoms with van der Waals surface area (Å²) in [6.45, 7) is 13.9. The van der Waals surface area contributed by atoms with Crippen molar-refractivity contribution >= 4 is 34.5 Å². The maximum absolute atomic E-state index is 12.4. The summed E-state index contributed by atoms with van der Waals surface area (Å²) in [5.74, 6) is 0.253. The molecule has 0 radical (unpaired) electrons. The molecule has 1 aromatic heterocycles. The van der Waals surface area contributed by atoms with Gasteiger partial charge in [-0.15, -0.1) is 0 Å². The molecule has 1 amide bonds. The van der Waals surface area contributed by atoms with Crippen LogP contribution >= 0.6 is 0 Å². The number of aromatic nitrogens is 2. The smallest absolute Gasteiger partial charge is 0.247 e. The molecule has 2 aromatic carbocycles. The number of unbranched alkanes of at least 4 members (excludes halogenated alkanes) is 1. The summed E-state index contributed by atoms with van der Waals surface area (Å²) in [7, 11) is 6.15. The lowest BCUT2D eigenvalue weighted by molar-refractivity contribution is -0.111. The van der Waals surface area contributed by atoms with Crippen LogP contribution in [0, 0.1) is 6.92 Å². The van der Waals surface area contributed by atoms with Crippen molar-refractivity contribution in [1.29, 1.82) is 0 Å². The number of likely N-dealkylation sites (N-methyl/N-ethyl adjacent to an activating group) is 2. The number of nitrogens with zero attached hydrogens (tertiary/aromatic N) is 4. The SMILES string of the molecule is C=CC(=O)Nc1cc(Nc2nccc(/C(=C(/C)CCC/C=C\C)c3ccccc3C)n2)c(CC)cc1N(C)CCN(C)C. The van der Waals surface area contributed by atoms with Gasteiger partial charge in [0.05, 0.1) is 17.1 Å². The maximum atomic E-state index is 12.4. The monoisotopic (exact) mass is 580 g/mol. The molecule has 3 aromatic rings. The lowest BCUT2D eigenvalue weighted by Crippen LogP contribution is -2.29. The van der Waals surface area contributed by atoms with Gasteiger partial charge < -0.3 is 20.4 Å². The second-order valence-corrected chi connectivity index (χ2v) is 11.1. The van der Waals surface area contributed by atoms with Gasteiger partial charge >= 0.3 is 0 Å². The van der Waals surface area contributed by atoms with Gasteiger partial charge in [-0.2, -0.15) is 0 Å². The number of carbonyl (C=O) groups is 1. The van der Waals surface area contributed by atoms with Crippen LogP contribution in [0.3, 0.4) is 0 Å². The number of hydrogen-bond acceptors (Lipinski definition) is 6. The van der Waals surface area contributed by atoms with Crippen LogP contribution in [0.4, 0.5) is 23.0 Å². The second-order valence-electron chi connectivity index (χ2n) is 11.1. The van der Waals surface area contributed by atoms with Crippen molar-refractivity contribution in [2.24, 2.45) is 0 Å². The minimum absolute atomic E-state index is 0.256. The number of rotatable bonds is 15. The number of hydrogen-bond donors (Lipinski definition) is 2. The highest BCUT2D eigenvalue weighted by atomic mass is 16.1. The van der Waals surface area contributed by atoms with Crippen LogP contribution < -0.4 is 15.5 Å². The van der Waals surface area contributed by atoms with E-state index in [0.29, 0.717) is 11.6 Å². The lowest BCUT2D eigenvalue weighted by atomic mass is 9.92. The van der Waals surface area contributed by atoms with Crippen molar-refractivity contribution in [3.63, 3.8) is 0 Å². The zero-order valence-electron chi connectivity index (χ0n) is 27.0. The summed E-state index contributed by atoms with van der Waals surface area (Å²) in [4.78, 5) is 26.3. The normalized spacial score (nSPS) is 11.9. The highest BCUT2D eigenvalue weighted by Crippen LogP contribution is 2.35. The highest BCUT2D eigenvalue weighted by Gasteiger charge is 2.17. The van der Waals surface area contributed by atoms with Crippen molar-refractivity contribution in [2.45, 2.75) is 53.4 Å². The largest absolute Gasteiger partial charge is 0.372 e. The molecule has 0 bridgehead atoms. The van der Waals surface area contributed by atoms with Gasteiger partial charge in [0.1, 0.15) is 0 Å². The first-order valence-electron chi connectivity index (χ1n) is 15.1. The van der Waals surface area contributed by atoms with Crippen LogP contribution in [-0.2, 0) is 11.2 Å². The molecule has 0 saturated carbocycles.